The summed E-state index contributed by atoms with van der Waals surface area (Å²) < 4.78 is 0. The van der Waals surface area contributed by atoms with Crippen molar-refractivity contribution in [2.45, 2.75) is 60.8 Å². The number of benzene rings is 1. The first-order valence-electron chi connectivity index (χ1n) is 10.3. The summed E-state index contributed by atoms with van der Waals surface area (Å²) in [6, 6.07) is 7.95. The largest absolute Gasteiger partial charge is 0.353 e. The van der Waals surface area contributed by atoms with E-state index < -0.39 is 4.87 Å². The van der Waals surface area contributed by atoms with Gasteiger partial charge in [0.1, 0.15) is 0 Å². The Hall–Kier alpha value is -2.02. The van der Waals surface area contributed by atoms with E-state index >= 15 is 0 Å². The van der Waals surface area contributed by atoms with E-state index in [1.807, 2.05) is 29.2 Å². The summed E-state index contributed by atoms with van der Waals surface area (Å²) in [5.41, 5.74) is 0.867. The summed E-state index contributed by atoms with van der Waals surface area (Å²) >= 11 is 1.53. The van der Waals surface area contributed by atoms with Crippen molar-refractivity contribution in [3.8, 4) is 0 Å². The zero-order chi connectivity index (χ0) is 19.3. The fraction of sp³-hybridized carbons (Fsp3) is 0.571. The normalized spacial score (nSPS) is 27.4. The van der Waals surface area contributed by atoms with E-state index in [9.17, 15) is 14.4 Å². The minimum atomic E-state index is -0.817. The molecule has 0 aromatic heterocycles. The number of hydrogen-bond donors (Lipinski definition) is 1. The van der Waals surface area contributed by atoms with E-state index in [0.29, 0.717) is 25.9 Å². The van der Waals surface area contributed by atoms with Gasteiger partial charge in [-0.3, -0.25) is 19.3 Å². The number of likely N-dealkylation sites (tertiary alicyclic amines) is 1. The summed E-state index contributed by atoms with van der Waals surface area (Å²) in [6.07, 6.45) is 5.71. The van der Waals surface area contributed by atoms with Crippen LogP contribution in [0.3, 0.4) is 0 Å². The highest BCUT2D eigenvalue weighted by Crippen LogP contribution is 2.56. The summed E-state index contributed by atoms with van der Waals surface area (Å²) in [4.78, 5) is 42.1. The Kier molecular flexibility index (Phi) is 4.38. The Bertz CT molecular complexity index is 832. The van der Waals surface area contributed by atoms with Crippen molar-refractivity contribution < 1.29 is 14.4 Å². The van der Waals surface area contributed by atoms with E-state index in [1.54, 1.807) is 4.90 Å². The van der Waals surface area contributed by atoms with Gasteiger partial charge in [-0.1, -0.05) is 30.3 Å². The molecular weight excluding hydrogens is 374 g/mol. The van der Waals surface area contributed by atoms with Crippen molar-refractivity contribution in [2.24, 2.45) is 5.92 Å². The average molecular weight is 400 g/mol. The first-order chi connectivity index (χ1) is 13.6. The van der Waals surface area contributed by atoms with Gasteiger partial charge in [0.2, 0.25) is 11.8 Å². The smallest absolute Gasteiger partial charge is 0.259 e. The monoisotopic (exact) mass is 399 g/mol. The van der Waals surface area contributed by atoms with Crippen molar-refractivity contribution in [3.63, 3.8) is 0 Å². The van der Waals surface area contributed by atoms with Crippen LogP contribution in [0.2, 0.25) is 0 Å². The molecule has 1 N–H and O–H groups in total. The van der Waals surface area contributed by atoms with Crippen LogP contribution >= 0.6 is 11.8 Å². The maximum absolute atomic E-state index is 13.5. The SMILES string of the molecule is O=C(NC1CCN(C(=O)C23CCC(=O)N2c2ccccc2S3)CC1)C1CCC1. The van der Waals surface area contributed by atoms with Crippen LogP contribution < -0.4 is 10.2 Å². The van der Waals surface area contributed by atoms with E-state index in [4.69, 9.17) is 0 Å². The highest BCUT2D eigenvalue weighted by molar-refractivity contribution is 8.02. The van der Waals surface area contributed by atoms with Crippen LogP contribution in [0.1, 0.15) is 44.9 Å². The Morgan fingerprint density at radius 3 is 2.57 bits per heavy atom. The van der Waals surface area contributed by atoms with Crippen LogP contribution in [0.4, 0.5) is 5.69 Å². The lowest BCUT2D eigenvalue weighted by Crippen LogP contribution is -2.57. The number of carbonyl (C=O) groups excluding carboxylic acids is 3. The number of hydrogen-bond acceptors (Lipinski definition) is 4. The molecule has 0 bridgehead atoms. The van der Waals surface area contributed by atoms with Crippen LogP contribution in [0.5, 0.6) is 0 Å². The van der Waals surface area contributed by atoms with E-state index in [0.717, 1.165) is 42.7 Å². The van der Waals surface area contributed by atoms with Gasteiger partial charge in [-0.2, -0.15) is 0 Å². The highest BCUT2D eigenvalue weighted by Gasteiger charge is 2.58. The molecule has 28 heavy (non-hydrogen) atoms. The lowest BCUT2D eigenvalue weighted by molar-refractivity contribution is -0.135. The Morgan fingerprint density at radius 1 is 1.11 bits per heavy atom. The lowest BCUT2D eigenvalue weighted by atomic mass is 9.84. The number of fused-ring (bicyclic) bond motifs is 3. The molecule has 4 aliphatic rings. The number of amides is 3. The van der Waals surface area contributed by atoms with Crippen LogP contribution in [0.15, 0.2) is 29.2 Å². The summed E-state index contributed by atoms with van der Waals surface area (Å²) in [7, 11) is 0. The fourth-order valence-corrected chi connectivity index (χ4v) is 6.23. The van der Waals surface area contributed by atoms with Crippen molar-refractivity contribution in [1.29, 1.82) is 0 Å². The first-order valence-corrected chi connectivity index (χ1v) is 11.1. The number of rotatable bonds is 3. The first kappa shape index (κ1) is 18.0. The number of nitrogens with zero attached hydrogens (tertiary/aromatic N) is 2. The van der Waals surface area contributed by atoms with Crippen LogP contribution in [0.25, 0.3) is 0 Å². The zero-order valence-corrected chi connectivity index (χ0v) is 16.7. The van der Waals surface area contributed by atoms with Crippen molar-refractivity contribution >= 4 is 35.2 Å². The molecule has 5 rings (SSSR count). The van der Waals surface area contributed by atoms with E-state index in [2.05, 4.69) is 5.32 Å². The molecular formula is C21H25N3O3S. The number of carbonyl (C=O) groups is 3. The molecule has 1 unspecified atom stereocenters. The molecule has 1 aromatic rings. The predicted molar refractivity (Wildman–Crippen MR) is 107 cm³/mol. The molecule has 6 nitrogen and oxygen atoms in total. The summed E-state index contributed by atoms with van der Waals surface area (Å²) in [6.45, 7) is 1.27. The standard InChI is InChI=1S/C21H25N3O3S/c25-18-8-11-21(24(18)16-6-1-2-7-17(16)28-21)20(27)23-12-9-15(10-13-23)22-19(26)14-4-3-5-14/h1-2,6-7,14-15H,3-5,8-13H2,(H,22,26). The van der Waals surface area contributed by atoms with Crippen LogP contribution in [-0.2, 0) is 14.4 Å². The van der Waals surface area contributed by atoms with Gasteiger partial charge >= 0.3 is 0 Å². The molecule has 1 aromatic carbocycles. The van der Waals surface area contributed by atoms with Crippen molar-refractivity contribution in [3.05, 3.63) is 24.3 Å². The quantitative estimate of drug-likeness (QED) is 0.848. The van der Waals surface area contributed by atoms with Crippen molar-refractivity contribution in [2.75, 3.05) is 18.0 Å². The average Bonchev–Trinajstić information content (AvgIpc) is 3.16. The van der Waals surface area contributed by atoms with E-state index in [-0.39, 0.29) is 29.7 Å². The molecule has 0 spiro atoms. The Labute approximate surface area is 169 Å². The summed E-state index contributed by atoms with van der Waals surface area (Å²) in [5, 5.41) is 3.17. The Morgan fingerprint density at radius 2 is 1.86 bits per heavy atom. The molecule has 1 aliphatic carbocycles. The van der Waals surface area contributed by atoms with Gasteiger partial charge in [-0.25, -0.2) is 0 Å². The Balaban J connectivity index is 1.27. The summed E-state index contributed by atoms with van der Waals surface area (Å²) in [5.74, 6) is 0.464. The van der Waals surface area contributed by atoms with Gasteiger partial charge < -0.3 is 10.2 Å². The van der Waals surface area contributed by atoms with Gasteiger partial charge in [0.25, 0.3) is 5.91 Å². The molecule has 3 aliphatic heterocycles. The second-order valence-electron chi connectivity index (χ2n) is 8.29. The van der Waals surface area contributed by atoms with Gasteiger partial charge in [-0.15, -0.1) is 0 Å². The third-order valence-electron chi connectivity index (χ3n) is 6.61. The number of para-hydroxylation sites is 1. The van der Waals surface area contributed by atoms with Gasteiger partial charge in [0, 0.05) is 36.4 Å². The molecule has 148 valence electrons. The molecule has 1 saturated carbocycles. The number of nitrogens with one attached hydrogen (secondary N) is 1. The molecule has 3 amide bonds. The molecule has 3 heterocycles. The fourth-order valence-electron chi connectivity index (χ4n) is 4.75. The number of thioether (sulfide) groups is 1. The van der Waals surface area contributed by atoms with E-state index in [1.165, 1.54) is 11.8 Å². The molecule has 2 saturated heterocycles. The third kappa shape index (κ3) is 2.74. The topological polar surface area (TPSA) is 69.7 Å². The minimum absolute atomic E-state index is 0.0356. The van der Waals surface area contributed by atoms with Crippen molar-refractivity contribution in [1.82, 2.24) is 10.2 Å². The predicted octanol–water partition coefficient (Wildman–Crippen LogP) is 2.52. The maximum atomic E-state index is 13.5. The number of piperidine rings is 1. The minimum Gasteiger partial charge on any atom is -0.353 e. The molecule has 0 radical (unpaired) electrons. The van der Waals surface area contributed by atoms with Crippen LogP contribution in [-0.4, -0.2) is 46.6 Å². The van der Waals surface area contributed by atoms with Gasteiger partial charge in [0.15, 0.2) is 4.87 Å². The van der Waals surface area contributed by atoms with Crippen LogP contribution in [0, 0.1) is 5.92 Å². The second-order valence-corrected chi connectivity index (χ2v) is 9.61. The van der Waals surface area contributed by atoms with Gasteiger partial charge in [-0.05, 0) is 44.2 Å². The second kappa shape index (κ2) is 6.79. The molecule has 1 atom stereocenters. The molecule has 3 fully saturated rings. The lowest BCUT2D eigenvalue weighted by Gasteiger charge is -2.39. The molecule has 7 heteroatoms. The third-order valence-corrected chi connectivity index (χ3v) is 8.08. The van der Waals surface area contributed by atoms with Gasteiger partial charge in [0.05, 0.1) is 5.69 Å². The maximum Gasteiger partial charge on any atom is 0.259 e. The highest BCUT2D eigenvalue weighted by atomic mass is 32.2. The zero-order valence-electron chi connectivity index (χ0n) is 15.9. The number of anilines is 1.